The van der Waals surface area contributed by atoms with Crippen LogP contribution < -0.4 is 11.1 Å². The topological polar surface area (TPSA) is 353 Å². The number of ketones is 1. The van der Waals surface area contributed by atoms with Gasteiger partial charge >= 0.3 is 23.9 Å². The van der Waals surface area contributed by atoms with Crippen LogP contribution in [0, 0.1) is 20.2 Å². The van der Waals surface area contributed by atoms with Gasteiger partial charge in [-0.3, -0.25) is 49.0 Å². The van der Waals surface area contributed by atoms with Crippen molar-refractivity contribution in [3.05, 3.63) is 211 Å². The first kappa shape index (κ1) is 78.6. The van der Waals surface area contributed by atoms with Crippen LogP contribution in [0.15, 0.2) is 121 Å². The molecular formula is C70H67BrCl3N7O18S2. The number of likely N-dealkylation sites (tertiary alicyclic amines) is 3. The van der Waals surface area contributed by atoms with E-state index in [2.05, 4.69) is 35.5 Å². The number of alkyl halides is 1. The molecule has 4 amide bonds. The average molecular weight is 1540 g/mol. The molecular weight excluding hydrogens is 1480 g/mol. The number of halogens is 4. The lowest BCUT2D eigenvalue weighted by Gasteiger charge is -2.16. The molecule has 4 N–H and O–H groups in total. The van der Waals surface area contributed by atoms with Crippen LogP contribution in [-0.4, -0.2) is 136 Å². The standard InChI is InChI=1S/C22H18ClNO4S.C13H14N2O5.C13H16N2O3.C9H8BrNO4.C9H4Cl2OS.C4H7NO/c23-20-16-4-1-2-5-18(16)29-21(20)17(25)11-14-10-13(7-8-15(14)22(27)28)12-24-9-3-6-19(24)26;1-20-13(17)10-5-4-9(7-11(10)15(18)19)8-14-6-2-3-12(14)16;1-18-13(17)10-5-4-9(7-11(10)14)8-15-6-2-3-12(15)16;1-15-9(12)7-3-2-6(5-10)4-8(7)11(13)14;10-7-5-3-1-2-4-6(5)13-8(7)9(11)12;6-4-2-1-3-5-4/h1-2,4-5,7-8,10H,3,6,9,11-12H2,(H,27,28);4-5,7H,2-3,6,8H2,1H3;4-5,7H,2-3,6,8,14H2,1H3;2-4H,5H2,1H3;1-4H;1-3H2,(H,5,6). The fraction of sp³-hybridized carbons (Fsp3) is 0.286. The summed E-state index contributed by atoms with van der Waals surface area (Å²) in [5, 5.41) is 36.5. The summed E-state index contributed by atoms with van der Waals surface area (Å²) in [5.74, 6) is -2.68. The molecule has 0 spiro atoms. The summed E-state index contributed by atoms with van der Waals surface area (Å²) in [6.07, 6.45) is 5.94. The molecule has 101 heavy (non-hydrogen) atoms. The second kappa shape index (κ2) is 37.6. The fourth-order valence-corrected chi connectivity index (χ4v) is 14.2. The number of methoxy groups -OCH3 is 3. The van der Waals surface area contributed by atoms with Gasteiger partial charge in [0, 0.05) is 121 Å². The molecule has 6 aromatic carbocycles. The number of nitrogen functional groups attached to an aromatic ring is 1. The summed E-state index contributed by atoms with van der Waals surface area (Å²) in [6, 6.07) is 33.8. The van der Waals surface area contributed by atoms with E-state index in [9.17, 15) is 73.3 Å². The summed E-state index contributed by atoms with van der Waals surface area (Å²) in [7, 11) is 3.67. The molecule has 25 nitrogen and oxygen atoms in total. The average Bonchev–Trinajstić information content (AvgIpc) is 1.73. The molecule has 6 heterocycles. The van der Waals surface area contributed by atoms with E-state index in [1.165, 1.54) is 74.3 Å². The second-order valence-electron chi connectivity index (χ2n) is 22.6. The van der Waals surface area contributed by atoms with Crippen molar-refractivity contribution < 1.29 is 77.1 Å². The number of hydrogen-bond acceptors (Lipinski definition) is 20. The Balaban J connectivity index is 0.000000178. The number of Topliss-reactive ketones (excluding diaryl/α,β-unsaturated/α-hetero) is 1. The first-order valence-corrected chi connectivity index (χ1v) is 34.9. The lowest BCUT2D eigenvalue weighted by atomic mass is 9.98. The predicted octanol–water partition coefficient (Wildman–Crippen LogP) is 13.6. The first-order valence-electron chi connectivity index (χ1n) is 31.0. The van der Waals surface area contributed by atoms with Gasteiger partial charge in [0.2, 0.25) is 23.6 Å². The number of nitro benzene ring substituents is 2. The van der Waals surface area contributed by atoms with Gasteiger partial charge in [-0.25, -0.2) is 19.2 Å². The number of esters is 3. The quantitative estimate of drug-likeness (QED) is 0.0111. The maximum absolute atomic E-state index is 13.0. The molecule has 4 aliphatic rings. The Morgan fingerprint density at radius 1 is 0.564 bits per heavy atom. The van der Waals surface area contributed by atoms with Gasteiger partial charge in [-0.1, -0.05) is 106 Å². The van der Waals surface area contributed by atoms with Crippen LogP contribution in [0.4, 0.5) is 17.1 Å². The van der Waals surface area contributed by atoms with Crippen LogP contribution in [0.25, 0.3) is 20.2 Å². The van der Waals surface area contributed by atoms with E-state index >= 15 is 0 Å². The first-order chi connectivity index (χ1) is 48.3. The van der Waals surface area contributed by atoms with Crippen molar-refractivity contribution in [3.63, 3.8) is 0 Å². The van der Waals surface area contributed by atoms with Crippen molar-refractivity contribution >= 4 is 169 Å². The second-order valence-corrected chi connectivity index (χ2v) is 26.4. The minimum Gasteiger partial charge on any atom is -0.478 e. The van der Waals surface area contributed by atoms with E-state index in [1.807, 2.05) is 48.5 Å². The maximum Gasteiger partial charge on any atom is 0.344 e. The highest BCUT2D eigenvalue weighted by molar-refractivity contribution is 9.08. The minimum atomic E-state index is -1.08. The number of carbonyl (C=O) groups excluding carboxylic acids is 9. The minimum absolute atomic E-state index is 0.0350. The number of carbonyl (C=O) groups is 10. The lowest BCUT2D eigenvalue weighted by Crippen LogP contribution is -2.24. The fourth-order valence-electron chi connectivity index (χ4n) is 10.7. The molecule has 0 atom stereocenters. The Hall–Kier alpha value is -9.71. The van der Waals surface area contributed by atoms with Gasteiger partial charge in [-0.2, -0.15) is 0 Å². The molecule has 12 rings (SSSR count). The van der Waals surface area contributed by atoms with E-state index < -0.39 is 39.0 Å². The Labute approximate surface area is 609 Å². The lowest BCUT2D eigenvalue weighted by molar-refractivity contribution is -0.385. The number of nitrogens with one attached hydrogen (secondary N) is 1. The van der Waals surface area contributed by atoms with E-state index in [0.29, 0.717) is 99.5 Å². The van der Waals surface area contributed by atoms with Crippen molar-refractivity contribution in [3.8, 4) is 0 Å². The molecule has 31 heteroatoms. The molecule has 4 saturated heterocycles. The number of nitro groups is 2. The number of carboxylic acid groups (broad SMARTS) is 1. The number of hydrogen-bond donors (Lipinski definition) is 3. The van der Waals surface area contributed by atoms with Crippen molar-refractivity contribution in [1.29, 1.82) is 0 Å². The summed E-state index contributed by atoms with van der Waals surface area (Å²) < 4.78 is 15.5. The van der Waals surface area contributed by atoms with Gasteiger partial charge < -0.3 is 45.1 Å². The number of nitrogens with two attached hydrogens (primary N) is 1. The van der Waals surface area contributed by atoms with Crippen LogP contribution in [0.2, 0.25) is 10.0 Å². The van der Waals surface area contributed by atoms with Crippen molar-refractivity contribution in [1.82, 2.24) is 20.0 Å². The predicted molar refractivity (Wildman–Crippen MR) is 385 cm³/mol. The number of nitrogens with zero attached hydrogens (tertiary/aromatic N) is 5. The van der Waals surface area contributed by atoms with E-state index in [4.69, 9.17) is 40.5 Å². The number of ether oxygens (including phenoxy) is 3. The summed E-state index contributed by atoms with van der Waals surface area (Å²) >= 11 is 23.5. The van der Waals surface area contributed by atoms with E-state index in [-0.39, 0.29) is 63.9 Å². The number of benzene rings is 6. The van der Waals surface area contributed by atoms with Crippen LogP contribution in [0.3, 0.4) is 0 Å². The monoisotopic (exact) mass is 1540 g/mol. The highest BCUT2D eigenvalue weighted by atomic mass is 79.9. The summed E-state index contributed by atoms with van der Waals surface area (Å²) in [4.78, 5) is 141. The number of fused-ring (bicyclic) bond motifs is 2. The van der Waals surface area contributed by atoms with E-state index in [1.54, 1.807) is 57.2 Å². The van der Waals surface area contributed by atoms with Crippen molar-refractivity contribution in [2.45, 2.75) is 82.8 Å². The molecule has 8 aromatic rings. The van der Waals surface area contributed by atoms with Gasteiger partial charge in [-0.05, 0) is 108 Å². The Morgan fingerprint density at radius 2 is 0.970 bits per heavy atom. The van der Waals surface area contributed by atoms with Gasteiger partial charge in [0.15, 0.2) is 5.78 Å². The molecule has 0 radical (unpaired) electrons. The Morgan fingerprint density at radius 3 is 1.35 bits per heavy atom. The molecule has 0 aliphatic carbocycles. The zero-order valence-corrected chi connectivity index (χ0v) is 60.1. The third kappa shape index (κ3) is 21.4. The van der Waals surface area contributed by atoms with Crippen LogP contribution in [0.5, 0.6) is 0 Å². The molecule has 0 saturated carbocycles. The van der Waals surface area contributed by atoms with Gasteiger partial charge in [0.1, 0.15) is 16.0 Å². The summed E-state index contributed by atoms with van der Waals surface area (Å²) in [5.41, 5.74) is 9.49. The van der Waals surface area contributed by atoms with Gasteiger partial charge in [-0.15, -0.1) is 22.7 Å². The molecule has 2 aromatic heterocycles. The molecule has 530 valence electrons. The van der Waals surface area contributed by atoms with Gasteiger partial charge in [0.05, 0.1) is 57.2 Å². The smallest absolute Gasteiger partial charge is 0.344 e. The highest BCUT2D eigenvalue weighted by Gasteiger charge is 2.28. The number of carboxylic acids is 1. The van der Waals surface area contributed by atoms with Crippen molar-refractivity contribution in [2.75, 3.05) is 53.2 Å². The normalized spacial score (nSPS) is 13.6. The van der Waals surface area contributed by atoms with Crippen LogP contribution in [-0.2, 0) is 64.8 Å². The largest absolute Gasteiger partial charge is 0.478 e. The highest BCUT2D eigenvalue weighted by Crippen LogP contribution is 2.38. The molecule has 0 unspecified atom stereocenters. The number of amides is 4. The number of aromatic carboxylic acids is 1. The molecule has 0 bridgehead atoms. The Kier molecular flexibility index (Phi) is 29.3. The number of thiophene rings is 2. The van der Waals surface area contributed by atoms with Crippen LogP contribution >= 0.6 is 73.4 Å². The SMILES string of the molecule is COC(=O)c1ccc(CBr)cc1[N+](=O)[O-].COC(=O)c1ccc(CN2CCCC2=O)cc1N.COC(=O)c1ccc(CN2CCCC2=O)cc1[N+](=O)[O-].O=C(Cl)c1sc2ccccc2c1Cl.O=C(O)c1ccc(CN2CCCC2=O)cc1CC(=O)c1sc2ccccc2c1Cl.O=C1CCCN1. The zero-order chi connectivity index (χ0) is 73.6. The van der Waals surface area contributed by atoms with Gasteiger partial charge in [0.25, 0.3) is 16.6 Å². The van der Waals surface area contributed by atoms with Crippen molar-refractivity contribution in [2.24, 2.45) is 0 Å². The third-order valence-corrected chi connectivity index (χ3v) is 20.1. The van der Waals surface area contributed by atoms with Crippen LogP contribution in [0.1, 0.15) is 140 Å². The molecule has 4 aliphatic heterocycles. The number of anilines is 1. The molecule has 4 fully saturated rings. The third-order valence-electron chi connectivity index (χ3n) is 15.8. The maximum atomic E-state index is 13.0. The zero-order valence-electron chi connectivity index (χ0n) is 54.6. The van der Waals surface area contributed by atoms with E-state index in [0.717, 1.165) is 82.1 Å². The number of rotatable bonds is 17. The Bertz CT molecular complexity index is 4480. The summed E-state index contributed by atoms with van der Waals surface area (Å²) in [6.45, 7) is 4.32.